The standard InChI is InChI=1S/C62H56N8/c1-39-37-53(41-19-23-43(24-20-41)57-65-67-59(69(57)49-15-11-9-12-16-49)45-27-31-47(32-28-45)61(3,4)5)51-35-36-52-54(38-40(2)64-56(52)55(51)63-39)42-21-25-44(26-22-42)58-66-68-60(70(58)50-17-13-10-14-18-50)46-29-33-48(34-30-46)62(6,7)8/h9,11-13,15-38H,10,14H2,1-8H3. The SMILES string of the molecule is Cc1cc(-c2ccc(-c3nnc(-c4ccc(C(C)(C)C)cc4)n3C3=CCCC=C3)cc2)c2ccc3c(-c4ccc(-c5nnc(-c6ccc(C(C)(C)C)cc6)n5-c5ccccc5)cc4)cc(C)nc3c2n1. The molecule has 0 saturated carbocycles. The topological polar surface area (TPSA) is 87.2 Å². The highest BCUT2D eigenvalue weighted by molar-refractivity contribution is 6.12. The molecule has 0 saturated heterocycles. The van der Waals surface area contributed by atoms with Crippen molar-refractivity contribution in [3.63, 3.8) is 0 Å². The highest BCUT2D eigenvalue weighted by Gasteiger charge is 2.23. The summed E-state index contributed by atoms with van der Waals surface area (Å²) < 4.78 is 4.36. The molecule has 1 aliphatic rings. The maximum atomic E-state index is 5.17. The van der Waals surface area contributed by atoms with Gasteiger partial charge in [0.1, 0.15) is 0 Å². The first-order valence-corrected chi connectivity index (χ1v) is 24.3. The molecule has 0 spiro atoms. The van der Waals surface area contributed by atoms with E-state index in [1.165, 1.54) is 11.1 Å². The molecule has 0 N–H and O–H groups in total. The van der Waals surface area contributed by atoms with E-state index in [1.54, 1.807) is 0 Å². The number of pyridine rings is 2. The molecule has 11 rings (SSSR count). The third-order valence-corrected chi connectivity index (χ3v) is 13.5. The summed E-state index contributed by atoms with van der Waals surface area (Å²) in [6.07, 6.45) is 8.71. The molecule has 0 fully saturated rings. The van der Waals surface area contributed by atoms with Crippen LogP contribution in [0.2, 0.25) is 0 Å². The van der Waals surface area contributed by atoms with Gasteiger partial charge in [-0.2, -0.15) is 0 Å². The summed E-state index contributed by atoms with van der Waals surface area (Å²) in [7, 11) is 0. The smallest absolute Gasteiger partial charge is 0.168 e. The second kappa shape index (κ2) is 17.5. The minimum absolute atomic E-state index is 0.0544. The van der Waals surface area contributed by atoms with Crippen LogP contribution in [0.1, 0.15) is 76.9 Å². The van der Waals surface area contributed by atoms with Crippen LogP contribution in [0.3, 0.4) is 0 Å². The summed E-state index contributed by atoms with van der Waals surface area (Å²) >= 11 is 0. The Bertz CT molecular complexity index is 3640. The van der Waals surface area contributed by atoms with Gasteiger partial charge >= 0.3 is 0 Å². The summed E-state index contributed by atoms with van der Waals surface area (Å²) in [5, 5.41) is 21.3. The predicted molar refractivity (Wildman–Crippen MR) is 288 cm³/mol. The van der Waals surface area contributed by atoms with Gasteiger partial charge in [0.15, 0.2) is 23.3 Å². The predicted octanol–water partition coefficient (Wildman–Crippen LogP) is 15.4. The lowest BCUT2D eigenvalue weighted by Crippen LogP contribution is -2.10. The van der Waals surface area contributed by atoms with Gasteiger partial charge in [0.2, 0.25) is 0 Å². The maximum Gasteiger partial charge on any atom is 0.168 e. The molecule has 0 aliphatic heterocycles. The molecule has 6 aromatic carbocycles. The fourth-order valence-corrected chi connectivity index (χ4v) is 9.69. The number of para-hydroxylation sites is 1. The van der Waals surface area contributed by atoms with Gasteiger partial charge in [-0.25, -0.2) is 0 Å². The highest BCUT2D eigenvalue weighted by atomic mass is 15.3. The summed E-state index contributed by atoms with van der Waals surface area (Å²) in [5.41, 5.74) is 16.8. The Balaban J connectivity index is 0.941. The zero-order valence-electron chi connectivity index (χ0n) is 41.2. The fraction of sp³-hybridized carbons (Fsp3) is 0.194. The molecule has 0 unspecified atom stereocenters. The molecule has 0 radical (unpaired) electrons. The summed E-state index contributed by atoms with van der Waals surface area (Å²) in [5.74, 6) is 3.22. The van der Waals surface area contributed by atoms with E-state index >= 15 is 0 Å². The molecule has 8 nitrogen and oxygen atoms in total. The lowest BCUT2D eigenvalue weighted by molar-refractivity contribution is 0.590. The number of aryl methyl sites for hydroxylation is 2. The van der Waals surface area contributed by atoms with Crippen molar-refractivity contribution < 1.29 is 0 Å². The first-order valence-electron chi connectivity index (χ1n) is 24.3. The maximum absolute atomic E-state index is 5.17. The van der Waals surface area contributed by atoms with E-state index in [4.69, 9.17) is 30.4 Å². The van der Waals surface area contributed by atoms with E-state index in [0.717, 1.165) is 125 Å². The number of rotatable bonds is 8. The summed E-state index contributed by atoms with van der Waals surface area (Å²) in [6, 6.07) is 53.9. The molecule has 4 heterocycles. The van der Waals surface area contributed by atoms with Crippen LogP contribution in [-0.2, 0) is 10.8 Å². The van der Waals surface area contributed by atoms with Crippen molar-refractivity contribution in [1.82, 2.24) is 39.5 Å². The Morgan fingerprint density at radius 2 is 0.800 bits per heavy atom. The Morgan fingerprint density at radius 1 is 0.414 bits per heavy atom. The van der Waals surface area contributed by atoms with E-state index in [1.807, 2.05) is 6.07 Å². The zero-order chi connectivity index (χ0) is 48.3. The van der Waals surface area contributed by atoms with Crippen LogP contribution in [0.15, 0.2) is 170 Å². The van der Waals surface area contributed by atoms with Crippen LogP contribution in [0, 0.1) is 13.8 Å². The number of fused-ring (bicyclic) bond motifs is 3. The number of allylic oxidation sites excluding steroid dienone is 4. The summed E-state index contributed by atoms with van der Waals surface area (Å²) in [4.78, 5) is 10.3. The Hall–Kier alpha value is -8.10. The van der Waals surface area contributed by atoms with Crippen LogP contribution >= 0.6 is 0 Å². The van der Waals surface area contributed by atoms with Gasteiger partial charge in [-0.15, -0.1) is 20.4 Å². The van der Waals surface area contributed by atoms with E-state index in [2.05, 4.69) is 228 Å². The lowest BCUT2D eigenvalue weighted by atomic mass is 9.86. The number of aromatic nitrogens is 8. The zero-order valence-corrected chi connectivity index (χ0v) is 41.2. The Labute approximate surface area is 410 Å². The fourth-order valence-electron chi connectivity index (χ4n) is 9.69. The molecule has 70 heavy (non-hydrogen) atoms. The quantitative estimate of drug-likeness (QED) is 0.141. The molecule has 0 amide bonds. The van der Waals surface area contributed by atoms with Crippen molar-refractivity contribution in [1.29, 1.82) is 0 Å². The normalized spacial score (nSPS) is 13.1. The van der Waals surface area contributed by atoms with E-state index in [-0.39, 0.29) is 10.8 Å². The van der Waals surface area contributed by atoms with Crippen molar-refractivity contribution in [2.24, 2.45) is 0 Å². The van der Waals surface area contributed by atoms with Crippen LogP contribution in [-0.4, -0.2) is 39.5 Å². The average molecular weight is 913 g/mol. The number of benzene rings is 6. The van der Waals surface area contributed by atoms with Crippen molar-refractivity contribution in [3.05, 3.63) is 192 Å². The van der Waals surface area contributed by atoms with Crippen LogP contribution in [0.4, 0.5) is 0 Å². The molecule has 4 aromatic heterocycles. The Kier molecular flexibility index (Phi) is 11.1. The molecule has 344 valence electrons. The Morgan fingerprint density at radius 3 is 1.19 bits per heavy atom. The van der Waals surface area contributed by atoms with Crippen molar-refractivity contribution >= 4 is 27.5 Å². The molecule has 8 heteroatoms. The molecule has 10 aromatic rings. The average Bonchev–Trinajstić information content (AvgIpc) is 4.02. The van der Waals surface area contributed by atoms with Crippen molar-refractivity contribution in [2.45, 2.75) is 79.1 Å². The molecule has 0 atom stereocenters. The number of nitrogens with zero attached hydrogens (tertiary/aromatic N) is 8. The third kappa shape index (κ3) is 8.23. The van der Waals surface area contributed by atoms with Crippen LogP contribution < -0.4 is 0 Å². The highest BCUT2D eigenvalue weighted by Crippen LogP contribution is 2.39. The first-order chi connectivity index (χ1) is 33.8. The molecule has 1 aliphatic carbocycles. The second-order valence-electron chi connectivity index (χ2n) is 20.6. The minimum Gasteiger partial charge on any atom is -0.275 e. The van der Waals surface area contributed by atoms with Crippen molar-refractivity contribution in [2.75, 3.05) is 0 Å². The van der Waals surface area contributed by atoms with Gasteiger partial charge in [-0.1, -0.05) is 181 Å². The van der Waals surface area contributed by atoms with Gasteiger partial charge in [0.05, 0.1) is 11.0 Å². The van der Waals surface area contributed by atoms with Gasteiger partial charge in [0, 0.05) is 55.8 Å². The molecular weight excluding hydrogens is 857 g/mol. The van der Waals surface area contributed by atoms with Crippen LogP contribution in [0.5, 0.6) is 0 Å². The van der Waals surface area contributed by atoms with Gasteiger partial charge in [-0.05, 0) is 101 Å². The lowest BCUT2D eigenvalue weighted by Gasteiger charge is -2.19. The number of hydrogen-bond acceptors (Lipinski definition) is 6. The minimum atomic E-state index is 0.0544. The third-order valence-electron chi connectivity index (χ3n) is 13.5. The number of hydrogen-bond donors (Lipinski definition) is 0. The summed E-state index contributed by atoms with van der Waals surface area (Å²) in [6.45, 7) is 17.5. The monoisotopic (exact) mass is 912 g/mol. The second-order valence-corrected chi connectivity index (χ2v) is 20.6. The largest absolute Gasteiger partial charge is 0.275 e. The molecular formula is C62H56N8. The van der Waals surface area contributed by atoms with Crippen molar-refractivity contribution in [3.8, 4) is 73.5 Å². The van der Waals surface area contributed by atoms with Gasteiger partial charge < -0.3 is 0 Å². The van der Waals surface area contributed by atoms with Gasteiger partial charge in [0.25, 0.3) is 0 Å². The van der Waals surface area contributed by atoms with E-state index in [0.29, 0.717) is 0 Å². The molecule has 0 bridgehead atoms. The van der Waals surface area contributed by atoms with Gasteiger partial charge in [-0.3, -0.25) is 19.1 Å². The van der Waals surface area contributed by atoms with E-state index < -0.39 is 0 Å². The van der Waals surface area contributed by atoms with Crippen LogP contribution in [0.25, 0.3) is 101 Å². The van der Waals surface area contributed by atoms with E-state index in [9.17, 15) is 0 Å². The first kappa shape index (κ1) is 44.4.